The summed E-state index contributed by atoms with van der Waals surface area (Å²) in [5.74, 6) is 0.0789. The van der Waals surface area contributed by atoms with Crippen LogP contribution < -0.4 is 10.6 Å². The van der Waals surface area contributed by atoms with Gasteiger partial charge in [0.2, 0.25) is 5.91 Å². The Morgan fingerprint density at radius 1 is 1.44 bits per heavy atom. The van der Waals surface area contributed by atoms with Crippen molar-refractivity contribution in [3.63, 3.8) is 0 Å². The molecule has 2 unspecified atom stereocenters. The molecule has 2 N–H and O–H groups in total. The highest BCUT2D eigenvalue weighted by Gasteiger charge is 2.09. The van der Waals surface area contributed by atoms with E-state index in [1.54, 1.807) is 0 Å². The van der Waals surface area contributed by atoms with E-state index in [4.69, 9.17) is 0 Å². The van der Waals surface area contributed by atoms with Gasteiger partial charge in [0.15, 0.2) is 0 Å². The van der Waals surface area contributed by atoms with Crippen molar-refractivity contribution in [2.24, 2.45) is 0 Å². The largest absolute Gasteiger partial charge is 0.352 e. The Kier molecular flexibility index (Phi) is 5.92. The molecule has 0 spiro atoms. The molecule has 4 heteroatoms. The highest BCUT2D eigenvalue weighted by Crippen LogP contribution is 2.11. The highest BCUT2D eigenvalue weighted by molar-refractivity contribution is 5.76. The summed E-state index contributed by atoms with van der Waals surface area (Å²) < 4.78 is 1.93. The number of carbonyl (C=O) groups excluding carboxylic acids is 1. The maximum Gasteiger partial charge on any atom is 0.240 e. The maximum atomic E-state index is 11.8. The second kappa shape index (κ2) is 7.21. The lowest BCUT2D eigenvalue weighted by Crippen LogP contribution is -2.34. The average Bonchev–Trinajstić information content (AvgIpc) is 2.76. The molecule has 18 heavy (non-hydrogen) atoms. The van der Waals surface area contributed by atoms with Gasteiger partial charge in [-0.25, -0.2) is 0 Å². The Bertz CT molecular complexity index is 373. The molecule has 2 atom stereocenters. The van der Waals surface area contributed by atoms with Gasteiger partial charge in [-0.2, -0.15) is 0 Å². The third-order valence-electron chi connectivity index (χ3n) is 3.16. The molecule has 0 aliphatic rings. The van der Waals surface area contributed by atoms with Crippen molar-refractivity contribution < 1.29 is 4.79 Å². The molecular weight excluding hydrogens is 226 g/mol. The van der Waals surface area contributed by atoms with Crippen LogP contribution in [0.2, 0.25) is 0 Å². The Morgan fingerprint density at radius 3 is 2.78 bits per heavy atom. The molecule has 1 amide bonds. The molecule has 1 aromatic rings. The lowest BCUT2D eigenvalue weighted by Gasteiger charge is -2.13. The standard InChI is InChI=1S/C14H25N3O/c1-5-6-11(2)16-14(18)10-17-8-7-13(9-17)12(3)15-4/h7-9,11-12,15H,5-6,10H2,1-4H3,(H,16,18). The summed E-state index contributed by atoms with van der Waals surface area (Å²) in [7, 11) is 1.93. The summed E-state index contributed by atoms with van der Waals surface area (Å²) in [5.41, 5.74) is 1.20. The minimum Gasteiger partial charge on any atom is -0.352 e. The van der Waals surface area contributed by atoms with Gasteiger partial charge in [0.1, 0.15) is 6.54 Å². The van der Waals surface area contributed by atoms with Crippen molar-refractivity contribution in [1.82, 2.24) is 15.2 Å². The van der Waals surface area contributed by atoms with Crippen molar-refractivity contribution in [3.05, 3.63) is 24.0 Å². The predicted molar refractivity (Wildman–Crippen MR) is 74.4 cm³/mol. The molecule has 1 heterocycles. The minimum absolute atomic E-state index is 0.0789. The van der Waals surface area contributed by atoms with E-state index in [1.807, 2.05) is 37.0 Å². The molecule has 4 nitrogen and oxygen atoms in total. The number of hydrogen-bond acceptors (Lipinski definition) is 2. The van der Waals surface area contributed by atoms with Crippen LogP contribution in [0.4, 0.5) is 0 Å². The fourth-order valence-corrected chi connectivity index (χ4v) is 1.97. The number of nitrogens with one attached hydrogen (secondary N) is 2. The molecule has 0 fully saturated rings. The van der Waals surface area contributed by atoms with Crippen LogP contribution in [0, 0.1) is 0 Å². The molecule has 0 bridgehead atoms. The second-order valence-electron chi connectivity index (χ2n) is 4.88. The van der Waals surface area contributed by atoms with Crippen molar-refractivity contribution in [2.75, 3.05) is 7.05 Å². The molecule has 0 aliphatic carbocycles. The zero-order chi connectivity index (χ0) is 13.5. The fourth-order valence-electron chi connectivity index (χ4n) is 1.97. The van der Waals surface area contributed by atoms with E-state index in [-0.39, 0.29) is 11.9 Å². The van der Waals surface area contributed by atoms with E-state index in [0.29, 0.717) is 12.6 Å². The van der Waals surface area contributed by atoms with Gasteiger partial charge >= 0.3 is 0 Å². The van der Waals surface area contributed by atoms with Gasteiger partial charge in [-0.05, 0) is 38.9 Å². The number of nitrogens with zero attached hydrogens (tertiary/aromatic N) is 1. The lowest BCUT2D eigenvalue weighted by atomic mass is 10.2. The van der Waals surface area contributed by atoms with Gasteiger partial charge < -0.3 is 15.2 Å². The predicted octanol–water partition coefficient (Wildman–Crippen LogP) is 2.07. The Morgan fingerprint density at radius 2 is 2.17 bits per heavy atom. The summed E-state index contributed by atoms with van der Waals surface area (Å²) in [6.07, 6.45) is 6.09. The SMILES string of the molecule is CCCC(C)NC(=O)Cn1ccc(C(C)NC)c1. The third-order valence-corrected chi connectivity index (χ3v) is 3.16. The smallest absolute Gasteiger partial charge is 0.240 e. The van der Waals surface area contributed by atoms with E-state index in [2.05, 4.69) is 24.5 Å². The number of rotatable bonds is 7. The van der Waals surface area contributed by atoms with Crippen LogP contribution in [0.25, 0.3) is 0 Å². The van der Waals surface area contributed by atoms with Crippen LogP contribution in [-0.4, -0.2) is 23.6 Å². The van der Waals surface area contributed by atoms with Gasteiger partial charge in [0, 0.05) is 24.5 Å². The molecule has 1 rings (SSSR count). The van der Waals surface area contributed by atoms with Gasteiger partial charge in [-0.3, -0.25) is 4.79 Å². The monoisotopic (exact) mass is 251 g/mol. The third kappa shape index (κ3) is 4.53. The van der Waals surface area contributed by atoms with E-state index < -0.39 is 0 Å². The first-order valence-electron chi connectivity index (χ1n) is 6.69. The normalized spacial score (nSPS) is 14.2. The van der Waals surface area contributed by atoms with E-state index in [0.717, 1.165) is 12.8 Å². The summed E-state index contributed by atoms with van der Waals surface area (Å²) in [6.45, 7) is 6.67. The molecule has 0 radical (unpaired) electrons. The van der Waals surface area contributed by atoms with E-state index in [9.17, 15) is 4.79 Å². The summed E-state index contributed by atoms with van der Waals surface area (Å²) in [5, 5.41) is 6.19. The number of hydrogen-bond donors (Lipinski definition) is 2. The van der Waals surface area contributed by atoms with Crippen LogP contribution in [0.1, 0.15) is 45.2 Å². The maximum absolute atomic E-state index is 11.8. The first kappa shape index (κ1) is 14.8. The van der Waals surface area contributed by atoms with Crippen LogP contribution in [0.15, 0.2) is 18.5 Å². The molecule has 0 saturated heterocycles. The van der Waals surface area contributed by atoms with Crippen molar-refractivity contribution >= 4 is 5.91 Å². The summed E-state index contributed by atoms with van der Waals surface area (Å²) in [6, 6.07) is 2.62. The van der Waals surface area contributed by atoms with E-state index in [1.165, 1.54) is 5.56 Å². The van der Waals surface area contributed by atoms with Gasteiger partial charge in [-0.15, -0.1) is 0 Å². The summed E-state index contributed by atoms with van der Waals surface area (Å²) in [4.78, 5) is 11.8. The second-order valence-corrected chi connectivity index (χ2v) is 4.88. The molecule has 0 saturated carbocycles. The Labute approximate surface area is 110 Å². The van der Waals surface area contributed by atoms with Crippen molar-refractivity contribution in [2.45, 2.75) is 52.2 Å². The average molecular weight is 251 g/mol. The van der Waals surface area contributed by atoms with Crippen molar-refractivity contribution in [1.29, 1.82) is 0 Å². The Hall–Kier alpha value is -1.29. The first-order valence-corrected chi connectivity index (χ1v) is 6.69. The van der Waals surface area contributed by atoms with Gasteiger partial charge in [-0.1, -0.05) is 13.3 Å². The van der Waals surface area contributed by atoms with Crippen molar-refractivity contribution in [3.8, 4) is 0 Å². The molecule has 0 aromatic carbocycles. The minimum atomic E-state index is 0.0789. The number of carbonyl (C=O) groups is 1. The van der Waals surface area contributed by atoms with Crippen LogP contribution >= 0.6 is 0 Å². The number of aromatic nitrogens is 1. The molecular formula is C14H25N3O. The van der Waals surface area contributed by atoms with Crippen LogP contribution in [0.3, 0.4) is 0 Å². The zero-order valence-corrected chi connectivity index (χ0v) is 11.9. The number of amides is 1. The zero-order valence-electron chi connectivity index (χ0n) is 11.9. The highest BCUT2D eigenvalue weighted by atomic mass is 16.2. The Balaban J connectivity index is 2.47. The fraction of sp³-hybridized carbons (Fsp3) is 0.643. The van der Waals surface area contributed by atoms with Gasteiger partial charge in [0.25, 0.3) is 0 Å². The molecule has 0 aliphatic heterocycles. The molecule has 1 aromatic heterocycles. The van der Waals surface area contributed by atoms with E-state index >= 15 is 0 Å². The van der Waals surface area contributed by atoms with Crippen LogP contribution in [0.5, 0.6) is 0 Å². The van der Waals surface area contributed by atoms with Gasteiger partial charge in [0.05, 0.1) is 0 Å². The van der Waals surface area contributed by atoms with Crippen LogP contribution in [-0.2, 0) is 11.3 Å². The lowest BCUT2D eigenvalue weighted by molar-refractivity contribution is -0.122. The topological polar surface area (TPSA) is 46.1 Å². The first-order chi connectivity index (χ1) is 8.56. The quantitative estimate of drug-likeness (QED) is 0.779. The summed E-state index contributed by atoms with van der Waals surface area (Å²) >= 11 is 0. The molecule has 102 valence electrons.